The Morgan fingerprint density at radius 2 is 2.21 bits per heavy atom. The van der Waals surface area contributed by atoms with E-state index in [0.717, 1.165) is 24.9 Å². The molecule has 1 aliphatic rings. The van der Waals surface area contributed by atoms with Crippen molar-refractivity contribution < 1.29 is 9.59 Å². The highest BCUT2D eigenvalue weighted by Gasteiger charge is 2.30. The van der Waals surface area contributed by atoms with Gasteiger partial charge in [-0.15, -0.1) is 0 Å². The number of carbonyl (C=O) groups is 2. The Morgan fingerprint density at radius 3 is 2.89 bits per heavy atom. The standard InChI is InChI=1S/C16H21NO2/c1-3-5-13-9-16(19)17(10-13)11-15(18)14-7-4-6-12(2)8-14/h4,6-8,13H,3,5,9-11H2,1-2H3. The summed E-state index contributed by atoms with van der Waals surface area (Å²) in [6.07, 6.45) is 2.77. The van der Waals surface area contributed by atoms with Crippen molar-refractivity contribution in [3.05, 3.63) is 35.4 Å². The van der Waals surface area contributed by atoms with Gasteiger partial charge in [0, 0.05) is 18.5 Å². The van der Waals surface area contributed by atoms with Crippen molar-refractivity contribution in [2.75, 3.05) is 13.1 Å². The molecule has 1 aromatic rings. The molecule has 3 nitrogen and oxygen atoms in total. The van der Waals surface area contributed by atoms with Crippen LogP contribution in [0.25, 0.3) is 0 Å². The summed E-state index contributed by atoms with van der Waals surface area (Å²) in [5.74, 6) is 0.594. The molecule has 19 heavy (non-hydrogen) atoms. The van der Waals surface area contributed by atoms with Crippen LogP contribution in [0.5, 0.6) is 0 Å². The van der Waals surface area contributed by atoms with Gasteiger partial charge in [-0.25, -0.2) is 0 Å². The average Bonchev–Trinajstić information content (AvgIpc) is 2.70. The first-order valence-electron chi connectivity index (χ1n) is 6.97. The van der Waals surface area contributed by atoms with E-state index in [0.29, 0.717) is 17.9 Å². The second kappa shape index (κ2) is 6.00. The molecular formula is C16H21NO2. The molecule has 1 heterocycles. The molecule has 1 amide bonds. The van der Waals surface area contributed by atoms with E-state index in [4.69, 9.17) is 0 Å². The lowest BCUT2D eigenvalue weighted by molar-refractivity contribution is -0.127. The van der Waals surface area contributed by atoms with E-state index in [1.807, 2.05) is 31.2 Å². The van der Waals surface area contributed by atoms with E-state index in [1.165, 1.54) is 0 Å². The molecule has 0 radical (unpaired) electrons. The van der Waals surface area contributed by atoms with Crippen molar-refractivity contribution in [3.63, 3.8) is 0 Å². The fourth-order valence-electron chi connectivity index (χ4n) is 2.69. The highest BCUT2D eigenvalue weighted by atomic mass is 16.2. The number of hydrogen-bond acceptors (Lipinski definition) is 2. The van der Waals surface area contributed by atoms with Crippen LogP contribution >= 0.6 is 0 Å². The Kier molecular flexibility index (Phi) is 4.35. The van der Waals surface area contributed by atoms with Gasteiger partial charge in [0.25, 0.3) is 0 Å². The number of carbonyl (C=O) groups excluding carboxylic acids is 2. The van der Waals surface area contributed by atoms with Gasteiger partial charge in [0.1, 0.15) is 0 Å². The topological polar surface area (TPSA) is 37.4 Å². The van der Waals surface area contributed by atoms with Crippen LogP contribution in [-0.2, 0) is 4.79 Å². The van der Waals surface area contributed by atoms with Crippen molar-refractivity contribution in [2.45, 2.75) is 33.1 Å². The number of benzene rings is 1. The van der Waals surface area contributed by atoms with E-state index < -0.39 is 0 Å². The van der Waals surface area contributed by atoms with Crippen molar-refractivity contribution in [2.24, 2.45) is 5.92 Å². The van der Waals surface area contributed by atoms with Gasteiger partial charge in [-0.05, 0) is 25.3 Å². The van der Waals surface area contributed by atoms with Crippen LogP contribution in [0.2, 0.25) is 0 Å². The maximum absolute atomic E-state index is 12.2. The molecule has 1 unspecified atom stereocenters. The van der Waals surface area contributed by atoms with Crippen molar-refractivity contribution in [3.8, 4) is 0 Å². The van der Waals surface area contributed by atoms with Gasteiger partial charge in [-0.2, -0.15) is 0 Å². The molecule has 3 heteroatoms. The summed E-state index contributed by atoms with van der Waals surface area (Å²) in [4.78, 5) is 25.7. The van der Waals surface area contributed by atoms with E-state index in [9.17, 15) is 9.59 Å². The van der Waals surface area contributed by atoms with Crippen LogP contribution in [-0.4, -0.2) is 29.7 Å². The molecular weight excluding hydrogens is 238 g/mol. The van der Waals surface area contributed by atoms with E-state index in [2.05, 4.69) is 6.92 Å². The number of amides is 1. The van der Waals surface area contributed by atoms with Crippen molar-refractivity contribution in [1.29, 1.82) is 0 Å². The van der Waals surface area contributed by atoms with Crippen molar-refractivity contribution >= 4 is 11.7 Å². The first kappa shape index (κ1) is 13.8. The summed E-state index contributed by atoms with van der Waals surface area (Å²) >= 11 is 0. The Balaban J connectivity index is 1.98. The molecule has 1 aliphatic heterocycles. The van der Waals surface area contributed by atoms with E-state index in [1.54, 1.807) is 4.90 Å². The summed E-state index contributed by atoms with van der Waals surface area (Å²) in [6.45, 7) is 5.06. The quantitative estimate of drug-likeness (QED) is 0.762. The van der Waals surface area contributed by atoms with Gasteiger partial charge in [0.2, 0.25) is 5.91 Å². The Bertz CT molecular complexity index is 481. The van der Waals surface area contributed by atoms with Crippen LogP contribution in [0.4, 0.5) is 0 Å². The zero-order valence-electron chi connectivity index (χ0n) is 11.7. The molecule has 2 rings (SSSR count). The predicted octanol–water partition coefficient (Wildman–Crippen LogP) is 2.83. The van der Waals surface area contributed by atoms with Crippen LogP contribution in [0.15, 0.2) is 24.3 Å². The molecule has 0 aliphatic carbocycles. The summed E-state index contributed by atoms with van der Waals surface area (Å²) in [5, 5.41) is 0. The van der Waals surface area contributed by atoms with Crippen LogP contribution < -0.4 is 0 Å². The first-order valence-corrected chi connectivity index (χ1v) is 6.97. The van der Waals surface area contributed by atoms with Crippen LogP contribution in [0.1, 0.15) is 42.1 Å². The average molecular weight is 259 g/mol. The maximum Gasteiger partial charge on any atom is 0.223 e. The smallest absolute Gasteiger partial charge is 0.223 e. The second-order valence-corrected chi connectivity index (χ2v) is 5.43. The number of ketones is 1. The third-order valence-corrected chi connectivity index (χ3v) is 3.67. The minimum Gasteiger partial charge on any atom is -0.335 e. The molecule has 1 saturated heterocycles. The largest absolute Gasteiger partial charge is 0.335 e. The lowest BCUT2D eigenvalue weighted by Crippen LogP contribution is -2.31. The Labute approximate surface area is 114 Å². The summed E-state index contributed by atoms with van der Waals surface area (Å²) < 4.78 is 0. The molecule has 102 valence electrons. The minimum absolute atomic E-state index is 0.0363. The summed E-state index contributed by atoms with van der Waals surface area (Å²) in [7, 11) is 0. The van der Waals surface area contributed by atoms with Gasteiger partial charge in [0.15, 0.2) is 5.78 Å². The Morgan fingerprint density at radius 1 is 1.42 bits per heavy atom. The first-order chi connectivity index (χ1) is 9.10. The number of Topliss-reactive ketones (excluding diaryl/α,β-unsaturated/α-hetero) is 1. The minimum atomic E-state index is 0.0363. The van der Waals surface area contributed by atoms with Gasteiger partial charge in [-0.3, -0.25) is 9.59 Å². The molecule has 1 fully saturated rings. The Hall–Kier alpha value is -1.64. The van der Waals surface area contributed by atoms with E-state index in [-0.39, 0.29) is 18.2 Å². The maximum atomic E-state index is 12.2. The number of aryl methyl sites for hydroxylation is 1. The molecule has 1 atom stereocenters. The predicted molar refractivity (Wildman–Crippen MR) is 75.1 cm³/mol. The molecule has 1 aromatic carbocycles. The van der Waals surface area contributed by atoms with E-state index >= 15 is 0 Å². The van der Waals surface area contributed by atoms with Crippen LogP contribution in [0, 0.1) is 12.8 Å². The lowest BCUT2D eigenvalue weighted by atomic mass is 10.0. The zero-order valence-corrected chi connectivity index (χ0v) is 11.7. The highest BCUT2D eigenvalue weighted by Crippen LogP contribution is 2.22. The number of likely N-dealkylation sites (tertiary alicyclic amines) is 1. The zero-order chi connectivity index (χ0) is 13.8. The second-order valence-electron chi connectivity index (χ2n) is 5.43. The van der Waals surface area contributed by atoms with Gasteiger partial charge in [0.05, 0.1) is 6.54 Å². The van der Waals surface area contributed by atoms with Crippen molar-refractivity contribution in [1.82, 2.24) is 4.90 Å². The van der Waals surface area contributed by atoms with Gasteiger partial charge < -0.3 is 4.90 Å². The monoisotopic (exact) mass is 259 g/mol. The van der Waals surface area contributed by atoms with Crippen LogP contribution in [0.3, 0.4) is 0 Å². The van der Waals surface area contributed by atoms with Gasteiger partial charge in [-0.1, -0.05) is 37.1 Å². The number of hydrogen-bond donors (Lipinski definition) is 0. The molecule has 0 saturated carbocycles. The summed E-state index contributed by atoms with van der Waals surface area (Å²) in [6, 6.07) is 7.55. The molecule has 0 N–H and O–H groups in total. The highest BCUT2D eigenvalue weighted by molar-refractivity contribution is 5.99. The fourth-order valence-corrected chi connectivity index (χ4v) is 2.69. The SMILES string of the molecule is CCCC1CC(=O)N(CC(=O)c2cccc(C)c2)C1. The van der Waals surface area contributed by atoms with Gasteiger partial charge >= 0.3 is 0 Å². The molecule has 0 bridgehead atoms. The third kappa shape index (κ3) is 3.43. The lowest BCUT2D eigenvalue weighted by Gasteiger charge is -2.15. The molecule has 0 aromatic heterocycles. The molecule has 0 spiro atoms. The number of nitrogens with zero attached hydrogens (tertiary/aromatic N) is 1. The number of rotatable bonds is 5. The normalized spacial score (nSPS) is 18.9. The summed E-state index contributed by atoms with van der Waals surface area (Å²) in [5.41, 5.74) is 1.77. The third-order valence-electron chi connectivity index (χ3n) is 3.67. The fraction of sp³-hybridized carbons (Fsp3) is 0.500.